The third kappa shape index (κ3) is 3.64. The van der Waals surface area contributed by atoms with Crippen LogP contribution >= 0.6 is 15.9 Å². The molecule has 1 N–H and O–H groups in total. The highest BCUT2D eigenvalue weighted by Crippen LogP contribution is 2.27. The molecule has 76 valence electrons. The van der Waals surface area contributed by atoms with Gasteiger partial charge in [0.05, 0.1) is 0 Å². The van der Waals surface area contributed by atoms with E-state index in [1.165, 1.54) is 5.56 Å². The van der Waals surface area contributed by atoms with Crippen molar-refractivity contribution in [3.8, 4) is 0 Å². The zero-order valence-electron chi connectivity index (χ0n) is 8.12. The van der Waals surface area contributed by atoms with Crippen molar-refractivity contribution in [3.63, 3.8) is 0 Å². The molecule has 14 heavy (non-hydrogen) atoms. The minimum Gasteiger partial charge on any atom is -0.396 e. The molecule has 0 bridgehead atoms. The lowest BCUT2D eigenvalue weighted by molar-refractivity contribution is 0.275. The van der Waals surface area contributed by atoms with Gasteiger partial charge in [-0.05, 0) is 28.8 Å². The summed E-state index contributed by atoms with van der Waals surface area (Å²) < 4.78 is 0.986. The quantitative estimate of drug-likeness (QED) is 0.854. The van der Waals surface area contributed by atoms with Crippen LogP contribution in [0.4, 0.5) is 0 Å². The van der Waals surface area contributed by atoms with E-state index >= 15 is 0 Å². The first-order valence-electron chi connectivity index (χ1n) is 4.73. The van der Waals surface area contributed by atoms with Gasteiger partial charge in [-0.15, -0.1) is 0 Å². The predicted octanol–water partition coefficient (Wildman–Crippen LogP) is 3.45. The van der Waals surface area contributed by atoms with Crippen LogP contribution in [0.3, 0.4) is 0 Å². The number of allylic oxidation sites excluding steroid dienone is 1. The molecule has 0 radical (unpaired) electrons. The summed E-state index contributed by atoms with van der Waals surface area (Å²) in [7, 11) is 0. The smallest absolute Gasteiger partial charge is 0.0436 e. The molecule has 1 atom stereocenters. The van der Waals surface area contributed by atoms with Crippen molar-refractivity contribution in [2.24, 2.45) is 0 Å². The van der Waals surface area contributed by atoms with E-state index in [0.29, 0.717) is 5.92 Å². The highest BCUT2D eigenvalue weighted by atomic mass is 79.9. The molecule has 2 heteroatoms. The zero-order chi connectivity index (χ0) is 10.4. The van der Waals surface area contributed by atoms with Crippen LogP contribution in [-0.2, 0) is 0 Å². The Balaban J connectivity index is 2.72. The number of hydrogen-bond acceptors (Lipinski definition) is 1. The number of benzene rings is 1. The van der Waals surface area contributed by atoms with E-state index in [-0.39, 0.29) is 6.61 Å². The molecule has 0 saturated heterocycles. The van der Waals surface area contributed by atoms with E-state index < -0.39 is 0 Å². The number of hydrogen-bond donors (Lipinski definition) is 1. The summed E-state index contributed by atoms with van der Waals surface area (Å²) in [6, 6.07) is 10.2. The number of rotatable bonds is 5. The molecule has 1 unspecified atom stereocenters. The van der Waals surface area contributed by atoms with Gasteiger partial charge in [0.15, 0.2) is 0 Å². The van der Waals surface area contributed by atoms with Gasteiger partial charge < -0.3 is 5.11 Å². The van der Waals surface area contributed by atoms with Crippen LogP contribution in [0.5, 0.6) is 0 Å². The van der Waals surface area contributed by atoms with E-state index in [9.17, 15) is 0 Å². The van der Waals surface area contributed by atoms with Gasteiger partial charge in [0, 0.05) is 6.61 Å². The Kier molecular flexibility index (Phi) is 4.91. The van der Waals surface area contributed by atoms with Crippen molar-refractivity contribution < 1.29 is 5.11 Å². The first-order chi connectivity index (χ1) is 6.74. The molecular formula is C12H15BrO. The number of aliphatic hydroxyl groups is 1. The molecule has 0 spiro atoms. The fraction of sp³-hybridized carbons (Fsp3) is 0.333. The fourth-order valence-corrected chi connectivity index (χ4v) is 1.93. The summed E-state index contributed by atoms with van der Waals surface area (Å²) >= 11 is 3.37. The number of halogens is 1. The van der Waals surface area contributed by atoms with Gasteiger partial charge in [-0.3, -0.25) is 0 Å². The molecule has 0 aromatic heterocycles. The zero-order valence-corrected chi connectivity index (χ0v) is 9.70. The molecule has 0 heterocycles. The van der Waals surface area contributed by atoms with Crippen molar-refractivity contribution in [2.75, 3.05) is 6.61 Å². The Morgan fingerprint density at radius 3 is 2.50 bits per heavy atom. The first-order valence-corrected chi connectivity index (χ1v) is 5.52. The van der Waals surface area contributed by atoms with Crippen molar-refractivity contribution in [1.29, 1.82) is 0 Å². The topological polar surface area (TPSA) is 20.2 Å². The second-order valence-electron chi connectivity index (χ2n) is 3.34. The van der Waals surface area contributed by atoms with Gasteiger partial charge in [-0.25, -0.2) is 0 Å². The fourth-order valence-electron chi connectivity index (χ4n) is 1.53. The minimum atomic E-state index is 0.222. The summed E-state index contributed by atoms with van der Waals surface area (Å²) in [6.45, 7) is 4.06. The number of aliphatic hydroxyl groups excluding tert-OH is 1. The Bertz CT molecular complexity index is 282. The van der Waals surface area contributed by atoms with Crippen LogP contribution in [0, 0.1) is 0 Å². The van der Waals surface area contributed by atoms with Gasteiger partial charge in [0.1, 0.15) is 0 Å². The normalized spacial score (nSPS) is 12.4. The van der Waals surface area contributed by atoms with E-state index in [2.05, 4.69) is 34.6 Å². The molecule has 1 aromatic rings. The molecular weight excluding hydrogens is 240 g/mol. The third-order valence-electron chi connectivity index (χ3n) is 2.22. The maximum absolute atomic E-state index is 8.97. The second-order valence-corrected chi connectivity index (χ2v) is 4.46. The van der Waals surface area contributed by atoms with Crippen molar-refractivity contribution >= 4 is 15.9 Å². The van der Waals surface area contributed by atoms with Crippen LogP contribution in [0.1, 0.15) is 24.3 Å². The van der Waals surface area contributed by atoms with Crippen LogP contribution in [0.25, 0.3) is 0 Å². The molecule has 1 aromatic carbocycles. The van der Waals surface area contributed by atoms with E-state index in [4.69, 9.17) is 5.11 Å². The minimum absolute atomic E-state index is 0.222. The highest BCUT2D eigenvalue weighted by Gasteiger charge is 2.10. The Hall–Kier alpha value is -0.600. The lowest BCUT2D eigenvalue weighted by atomic mass is 9.93. The summed E-state index contributed by atoms with van der Waals surface area (Å²) in [5.74, 6) is 0.369. The van der Waals surface area contributed by atoms with Crippen LogP contribution in [-0.4, -0.2) is 11.7 Å². The predicted molar refractivity (Wildman–Crippen MR) is 63.6 cm³/mol. The van der Waals surface area contributed by atoms with Crippen molar-refractivity contribution in [2.45, 2.75) is 18.8 Å². The maximum atomic E-state index is 8.97. The SMILES string of the molecule is C=C(Br)CC(CCO)c1ccccc1. The average molecular weight is 255 g/mol. The molecule has 1 rings (SSSR count). The van der Waals surface area contributed by atoms with Gasteiger partial charge in [-0.1, -0.05) is 52.8 Å². The Morgan fingerprint density at radius 1 is 1.36 bits per heavy atom. The van der Waals surface area contributed by atoms with Crippen LogP contribution in [0.2, 0.25) is 0 Å². The molecule has 0 fully saturated rings. The van der Waals surface area contributed by atoms with Gasteiger partial charge in [0.2, 0.25) is 0 Å². The summed E-state index contributed by atoms with van der Waals surface area (Å²) in [5, 5.41) is 8.97. The van der Waals surface area contributed by atoms with E-state index in [1.807, 2.05) is 18.2 Å². The monoisotopic (exact) mass is 254 g/mol. The Morgan fingerprint density at radius 2 is 2.00 bits per heavy atom. The van der Waals surface area contributed by atoms with Crippen molar-refractivity contribution in [1.82, 2.24) is 0 Å². The largest absolute Gasteiger partial charge is 0.396 e. The first kappa shape index (κ1) is 11.5. The van der Waals surface area contributed by atoms with Gasteiger partial charge >= 0.3 is 0 Å². The molecule has 0 amide bonds. The molecule has 0 aliphatic rings. The molecule has 0 aliphatic heterocycles. The van der Waals surface area contributed by atoms with Crippen LogP contribution < -0.4 is 0 Å². The third-order valence-corrected chi connectivity index (χ3v) is 2.54. The highest BCUT2D eigenvalue weighted by molar-refractivity contribution is 9.11. The molecule has 1 nitrogen and oxygen atoms in total. The van der Waals surface area contributed by atoms with Crippen molar-refractivity contribution in [3.05, 3.63) is 47.0 Å². The second kappa shape index (κ2) is 5.99. The molecule has 0 saturated carbocycles. The van der Waals surface area contributed by atoms with Gasteiger partial charge in [-0.2, -0.15) is 0 Å². The lowest BCUT2D eigenvalue weighted by Gasteiger charge is -2.15. The summed E-state index contributed by atoms with van der Waals surface area (Å²) in [4.78, 5) is 0. The van der Waals surface area contributed by atoms with E-state index in [1.54, 1.807) is 0 Å². The summed E-state index contributed by atoms with van der Waals surface area (Å²) in [6.07, 6.45) is 1.67. The Labute approximate surface area is 93.6 Å². The van der Waals surface area contributed by atoms with E-state index in [0.717, 1.165) is 17.3 Å². The van der Waals surface area contributed by atoms with Crippen LogP contribution in [0.15, 0.2) is 41.4 Å². The summed E-state index contributed by atoms with van der Waals surface area (Å²) in [5.41, 5.74) is 1.27. The molecule has 0 aliphatic carbocycles. The van der Waals surface area contributed by atoms with Gasteiger partial charge in [0.25, 0.3) is 0 Å². The average Bonchev–Trinajstić information content (AvgIpc) is 2.18. The lowest BCUT2D eigenvalue weighted by Crippen LogP contribution is -2.01. The standard InChI is InChI=1S/C12H15BrO/c1-10(13)9-12(7-8-14)11-5-3-2-4-6-11/h2-6,12,14H,1,7-9H2. The maximum Gasteiger partial charge on any atom is 0.0436 e.